The summed E-state index contributed by atoms with van der Waals surface area (Å²) in [6.45, 7) is 0. The highest BCUT2D eigenvalue weighted by Crippen LogP contribution is 2.22. The van der Waals surface area contributed by atoms with Crippen molar-refractivity contribution in [1.82, 2.24) is 10.3 Å². The highest BCUT2D eigenvalue weighted by atomic mass is 32.1. The average molecular weight is 314 g/mol. The second-order valence-electron chi connectivity index (χ2n) is 5.90. The summed E-state index contributed by atoms with van der Waals surface area (Å²) in [5.74, 6) is 0.00447. The van der Waals surface area contributed by atoms with Gasteiger partial charge in [-0.1, -0.05) is 44.2 Å². The Morgan fingerprint density at radius 2 is 1.86 bits per heavy atom. The third-order valence-electron chi connectivity index (χ3n) is 4.14. The first kappa shape index (κ1) is 15.2. The third-order valence-corrected chi connectivity index (χ3v) is 5.14. The molecule has 1 saturated carbocycles. The van der Waals surface area contributed by atoms with Gasteiger partial charge >= 0.3 is 0 Å². The molecule has 0 radical (unpaired) electrons. The van der Waals surface area contributed by atoms with Crippen LogP contribution in [0.5, 0.6) is 0 Å². The van der Waals surface area contributed by atoms with E-state index in [4.69, 9.17) is 0 Å². The van der Waals surface area contributed by atoms with Crippen LogP contribution in [-0.2, 0) is 4.79 Å². The number of fused-ring (bicyclic) bond motifs is 1. The van der Waals surface area contributed by atoms with Gasteiger partial charge in [-0.2, -0.15) is 0 Å². The highest BCUT2D eigenvalue weighted by molar-refractivity contribution is 7.19. The molecule has 22 heavy (non-hydrogen) atoms. The SMILES string of the molecule is O=C(/C=C/c1nc2ccccc2s1)NC1CCCCCCC1. The van der Waals surface area contributed by atoms with Gasteiger partial charge in [-0.15, -0.1) is 11.3 Å². The first-order valence-corrected chi connectivity index (χ1v) is 8.97. The Morgan fingerprint density at radius 3 is 2.64 bits per heavy atom. The smallest absolute Gasteiger partial charge is 0.244 e. The van der Waals surface area contributed by atoms with Gasteiger partial charge in [-0.25, -0.2) is 4.98 Å². The van der Waals surface area contributed by atoms with Gasteiger partial charge in [0.25, 0.3) is 0 Å². The lowest BCUT2D eigenvalue weighted by Gasteiger charge is -2.20. The Morgan fingerprint density at radius 1 is 1.14 bits per heavy atom. The maximum absolute atomic E-state index is 12.1. The first-order chi connectivity index (χ1) is 10.8. The standard InChI is InChI=1S/C18H22N2OS/c21-17(19-14-8-4-2-1-3-5-9-14)12-13-18-20-15-10-6-7-11-16(15)22-18/h6-7,10-14H,1-5,8-9H2,(H,19,21)/b13-12+. The Kier molecular flexibility index (Phi) is 5.22. The van der Waals surface area contributed by atoms with Crippen molar-refractivity contribution in [3.63, 3.8) is 0 Å². The molecule has 0 atom stereocenters. The number of benzene rings is 1. The number of thiazole rings is 1. The average Bonchev–Trinajstić information content (AvgIpc) is 2.91. The minimum Gasteiger partial charge on any atom is -0.350 e. The predicted octanol–water partition coefficient (Wildman–Crippen LogP) is 4.54. The largest absolute Gasteiger partial charge is 0.350 e. The van der Waals surface area contributed by atoms with Gasteiger partial charge < -0.3 is 5.32 Å². The van der Waals surface area contributed by atoms with E-state index in [1.165, 1.54) is 32.1 Å². The zero-order valence-electron chi connectivity index (χ0n) is 12.8. The van der Waals surface area contributed by atoms with Gasteiger partial charge in [0.15, 0.2) is 0 Å². The summed E-state index contributed by atoms with van der Waals surface area (Å²) in [4.78, 5) is 16.6. The van der Waals surface area contributed by atoms with Crippen molar-refractivity contribution in [2.24, 2.45) is 0 Å². The van der Waals surface area contributed by atoms with Crippen molar-refractivity contribution in [3.8, 4) is 0 Å². The Labute approximate surface area is 135 Å². The molecule has 116 valence electrons. The van der Waals surface area contributed by atoms with Crippen LogP contribution in [0, 0.1) is 0 Å². The van der Waals surface area contributed by atoms with Gasteiger partial charge in [0.05, 0.1) is 10.2 Å². The summed E-state index contributed by atoms with van der Waals surface area (Å²) in [6, 6.07) is 8.39. The third kappa shape index (κ3) is 4.17. The molecule has 1 aromatic carbocycles. The molecule has 1 N–H and O–H groups in total. The van der Waals surface area contributed by atoms with Crippen LogP contribution in [0.15, 0.2) is 30.3 Å². The summed E-state index contributed by atoms with van der Waals surface area (Å²) in [7, 11) is 0. The number of hydrogen-bond acceptors (Lipinski definition) is 3. The van der Waals surface area contributed by atoms with Crippen LogP contribution in [0.4, 0.5) is 0 Å². The molecule has 1 aliphatic rings. The fraction of sp³-hybridized carbons (Fsp3) is 0.444. The number of rotatable bonds is 3. The van der Waals surface area contributed by atoms with Crippen LogP contribution in [0.2, 0.25) is 0 Å². The van der Waals surface area contributed by atoms with E-state index in [9.17, 15) is 4.79 Å². The number of carbonyl (C=O) groups excluding carboxylic acids is 1. The van der Waals surface area contributed by atoms with Crippen LogP contribution in [-0.4, -0.2) is 16.9 Å². The maximum Gasteiger partial charge on any atom is 0.244 e. The molecule has 1 aliphatic carbocycles. The van der Waals surface area contributed by atoms with Crippen LogP contribution >= 0.6 is 11.3 Å². The Bertz CT molecular complexity index is 621. The summed E-state index contributed by atoms with van der Waals surface area (Å²) >= 11 is 1.61. The molecular weight excluding hydrogens is 292 g/mol. The van der Waals surface area contributed by atoms with Crippen molar-refractivity contribution in [1.29, 1.82) is 0 Å². The van der Waals surface area contributed by atoms with Gasteiger partial charge in [0.2, 0.25) is 5.91 Å². The summed E-state index contributed by atoms with van der Waals surface area (Å²) in [6.07, 6.45) is 12.1. The number of nitrogens with one attached hydrogen (secondary N) is 1. The van der Waals surface area contributed by atoms with Gasteiger partial charge in [-0.05, 0) is 31.1 Å². The molecule has 1 amide bonds. The van der Waals surface area contributed by atoms with Crippen LogP contribution in [0.3, 0.4) is 0 Å². The molecule has 3 nitrogen and oxygen atoms in total. The second kappa shape index (κ2) is 7.54. The van der Waals surface area contributed by atoms with E-state index in [1.807, 2.05) is 24.3 Å². The molecule has 0 bridgehead atoms. The summed E-state index contributed by atoms with van der Waals surface area (Å²) in [5.41, 5.74) is 0.993. The number of carbonyl (C=O) groups is 1. The van der Waals surface area contributed by atoms with E-state index in [-0.39, 0.29) is 5.91 Å². The number of amides is 1. The summed E-state index contributed by atoms with van der Waals surface area (Å²) in [5, 5.41) is 4.03. The topological polar surface area (TPSA) is 42.0 Å². The quantitative estimate of drug-likeness (QED) is 0.845. The predicted molar refractivity (Wildman–Crippen MR) is 92.9 cm³/mol. The molecule has 1 aromatic heterocycles. The van der Waals surface area contributed by atoms with Crippen molar-refractivity contribution in [3.05, 3.63) is 35.3 Å². The van der Waals surface area contributed by atoms with Gasteiger partial charge in [-0.3, -0.25) is 4.79 Å². The molecule has 0 saturated heterocycles. The Balaban J connectivity index is 1.58. The maximum atomic E-state index is 12.1. The lowest BCUT2D eigenvalue weighted by Crippen LogP contribution is -2.34. The van der Waals surface area contributed by atoms with Crippen LogP contribution in [0.25, 0.3) is 16.3 Å². The van der Waals surface area contributed by atoms with Gasteiger partial charge in [0, 0.05) is 12.1 Å². The molecule has 0 unspecified atom stereocenters. The number of hydrogen-bond donors (Lipinski definition) is 1. The van der Waals surface area contributed by atoms with E-state index >= 15 is 0 Å². The lowest BCUT2D eigenvalue weighted by molar-refractivity contribution is -0.117. The zero-order chi connectivity index (χ0) is 15.2. The lowest BCUT2D eigenvalue weighted by atomic mass is 9.97. The van der Waals surface area contributed by atoms with E-state index in [1.54, 1.807) is 17.4 Å². The Hall–Kier alpha value is -1.68. The highest BCUT2D eigenvalue weighted by Gasteiger charge is 2.12. The monoisotopic (exact) mass is 314 g/mol. The molecule has 0 aliphatic heterocycles. The molecular formula is C18H22N2OS. The zero-order valence-corrected chi connectivity index (χ0v) is 13.6. The van der Waals surface area contributed by atoms with Crippen molar-refractivity contribution < 1.29 is 4.79 Å². The molecule has 1 fully saturated rings. The molecule has 3 rings (SSSR count). The van der Waals surface area contributed by atoms with E-state index in [2.05, 4.69) is 16.4 Å². The fourth-order valence-corrected chi connectivity index (χ4v) is 3.83. The van der Waals surface area contributed by atoms with Crippen molar-refractivity contribution >= 4 is 33.5 Å². The van der Waals surface area contributed by atoms with Crippen LogP contribution < -0.4 is 5.32 Å². The molecule has 4 heteroatoms. The van der Waals surface area contributed by atoms with Crippen molar-refractivity contribution in [2.75, 3.05) is 0 Å². The van der Waals surface area contributed by atoms with E-state index in [0.717, 1.165) is 28.1 Å². The van der Waals surface area contributed by atoms with Crippen LogP contribution in [0.1, 0.15) is 50.0 Å². The number of nitrogens with zero attached hydrogens (tertiary/aromatic N) is 1. The second-order valence-corrected chi connectivity index (χ2v) is 6.97. The molecule has 0 spiro atoms. The van der Waals surface area contributed by atoms with Crippen molar-refractivity contribution in [2.45, 2.75) is 51.0 Å². The minimum absolute atomic E-state index is 0.00447. The normalized spacial score (nSPS) is 17.5. The first-order valence-electron chi connectivity index (χ1n) is 8.15. The van der Waals surface area contributed by atoms with Gasteiger partial charge in [0.1, 0.15) is 5.01 Å². The number of aromatic nitrogens is 1. The minimum atomic E-state index is 0.00447. The fourth-order valence-electron chi connectivity index (χ4n) is 2.96. The number of para-hydroxylation sites is 1. The molecule has 1 heterocycles. The van der Waals surface area contributed by atoms with E-state index in [0.29, 0.717) is 6.04 Å². The molecule has 2 aromatic rings. The summed E-state index contributed by atoms with van der Waals surface area (Å²) < 4.78 is 1.16. The van der Waals surface area contributed by atoms with E-state index < -0.39 is 0 Å².